The number of nitrogens with two attached hydrogens (primary N) is 1. The maximum absolute atomic E-state index is 6.08. The molecule has 4 nitrogen and oxygen atoms in total. The number of hydrogen-bond acceptors (Lipinski definition) is 2. The number of methoxy groups -OCH3 is 1. The molecular formula is C15H16Cl2IN3O. The molecule has 0 saturated carbocycles. The fraction of sp³-hybridized carbons (Fsp3) is 0.133. The van der Waals surface area contributed by atoms with E-state index in [4.69, 9.17) is 33.7 Å². The summed E-state index contributed by atoms with van der Waals surface area (Å²) >= 11 is 11.9. The van der Waals surface area contributed by atoms with Crippen molar-refractivity contribution >= 4 is 58.8 Å². The number of benzene rings is 2. The summed E-state index contributed by atoms with van der Waals surface area (Å²) in [7, 11) is 1.62. The van der Waals surface area contributed by atoms with Crippen molar-refractivity contribution in [2.75, 3.05) is 12.4 Å². The molecule has 7 heteroatoms. The van der Waals surface area contributed by atoms with Crippen LogP contribution in [0.5, 0.6) is 5.75 Å². The fourth-order valence-corrected chi connectivity index (χ4v) is 2.15. The quantitative estimate of drug-likeness (QED) is 0.407. The molecule has 2 aromatic rings. The second-order valence-electron chi connectivity index (χ2n) is 4.29. The number of rotatable bonds is 4. The molecule has 0 saturated heterocycles. The molecule has 0 aliphatic rings. The van der Waals surface area contributed by atoms with Gasteiger partial charge in [0.25, 0.3) is 0 Å². The van der Waals surface area contributed by atoms with Crippen LogP contribution in [0.2, 0.25) is 10.0 Å². The molecule has 0 radical (unpaired) electrons. The lowest BCUT2D eigenvalue weighted by Crippen LogP contribution is -2.22. The standard InChI is InChI=1S/C15H15Cl2N3O.HI/c1-21-13-6-4-12(5-7-13)20-15(18)19-9-10-2-3-11(16)8-14(10)17;/h2-8H,9H2,1H3,(H3,18,19,20);1H. The van der Waals surface area contributed by atoms with Crippen molar-refractivity contribution < 1.29 is 4.74 Å². The maximum atomic E-state index is 6.08. The first-order valence-electron chi connectivity index (χ1n) is 6.23. The minimum Gasteiger partial charge on any atom is -0.497 e. The number of hydrogen-bond donors (Lipinski definition) is 2. The Balaban J connectivity index is 0.00000242. The fourth-order valence-electron chi connectivity index (χ4n) is 1.68. The molecule has 0 aromatic heterocycles. The Morgan fingerprint density at radius 1 is 1.18 bits per heavy atom. The highest BCUT2D eigenvalue weighted by molar-refractivity contribution is 14.0. The summed E-state index contributed by atoms with van der Waals surface area (Å²) in [5.41, 5.74) is 7.54. The van der Waals surface area contributed by atoms with Crippen LogP contribution in [-0.4, -0.2) is 13.1 Å². The third-order valence-electron chi connectivity index (χ3n) is 2.80. The van der Waals surface area contributed by atoms with Crippen molar-refractivity contribution in [2.45, 2.75) is 6.54 Å². The number of nitrogens with one attached hydrogen (secondary N) is 1. The summed E-state index contributed by atoms with van der Waals surface area (Å²) < 4.78 is 5.09. The molecule has 3 N–H and O–H groups in total. The van der Waals surface area contributed by atoms with E-state index < -0.39 is 0 Å². The van der Waals surface area contributed by atoms with Gasteiger partial charge < -0.3 is 15.8 Å². The second kappa shape index (κ2) is 9.07. The van der Waals surface area contributed by atoms with E-state index in [0.717, 1.165) is 17.0 Å². The van der Waals surface area contributed by atoms with Gasteiger partial charge in [-0.25, -0.2) is 4.99 Å². The Hall–Kier alpha value is -1.18. The number of anilines is 1. The molecule has 118 valence electrons. The Kier molecular flexibility index (Phi) is 7.78. The molecule has 0 unspecified atom stereocenters. The van der Waals surface area contributed by atoms with E-state index in [1.54, 1.807) is 19.2 Å². The predicted molar refractivity (Wildman–Crippen MR) is 104 cm³/mol. The maximum Gasteiger partial charge on any atom is 0.193 e. The number of guanidine groups is 1. The van der Waals surface area contributed by atoms with Gasteiger partial charge in [-0.3, -0.25) is 0 Å². The number of ether oxygens (including phenoxy) is 1. The summed E-state index contributed by atoms with van der Waals surface area (Å²) in [6, 6.07) is 12.7. The molecular weight excluding hydrogens is 436 g/mol. The molecule has 22 heavy (non-hydrogen) atoms. The summed E-state index contributed by atoms with van der Waals surface area (Å²) in [5.74, 6) is 1.09. The van der Waals surface area contributed by atoms with Crippen LogP contribution in [-0.2, 0) is 6.54 Å². The van der Waals surface area contributed by atoms with E-state index in [2.05, 4.69) is 10.3 Å². The molecule has 0 bridgehead atoms. The van der Waals surface area contributed by atoms with Crippen molar-refractivity contribution in [1.82, 2.24) is 0 Å². The minimum absolute atomic E-state index is 0. The highest BCUT2D eigenvalue weighted by Gasteiger charge is 2.01. The smallest absolute Gasteiger partial charge is 0.193 e. The van der Waals surface area contributed by atoms with E-state index in [9.17, 15) is 0 Å². The van der Waals surface area contributed by atoms with Gasteiger partial charge in [0, 0.05) is 15.7 Å². The summed E-state index contributed by atoms with van der Waals surface area (Å²) in [5, 5.41) is 4.16. The van der Waals surface area contributed by atoms with Crippen LogP contribution in [0.1, 0.15) is 5.56 Å². The average Bonchev–Trinajstić information content (AvgIpc) is 2.47. The first kappa shape index (κ1) is 18.9. The Morgan fingerprint density at radius 2 is 1.86 bits per heavy atom. The van der Waals surface area contributed by atoms with Gasteiger partial charge in [0.05, 0.1) is 13.7 Å². The van der Waals surface area contributed by atoms with Crippen molar-refractivity contribution in [3.63, 3.8) is 0 Å². The van der Waals surface area contributed by atoms with Gasteiger partial charge in [0.15, 0.2) is 5.96 Å². The molecule has 0 heterocycles. The number of halogens is 3. The van der Waals surface area contributed by atoms with Crippen LogP contribution < -0.4 is 15.8 Å². The van der Waals surface area contributed by atoms with E-state index >= 15 is 0 Å². The molecule has 0 aliphatic carbocycles. The highest BCUT2D eigenvalue weighted by atomic mass is 127. The Bertz CT molecular complexity index is 648. The van der Waals surface area contributed by atoms with E-state index in [1.807, 2.05) is 30.3 Å². The molecule has 2 rings (SSSR count). The van der Waals surface area contributed by atoms with Crippen molar-refractivity contribution in [3.05, 3.63) is 58.1 Å². The van der Waals surface area contributed by atoms with Gasteiger partial charge in [0.1, 0.15) is 5.75 Å². The van der Waals surface area contributed by atoms with Gasteiger partial charge in [-0.05, 0) is 42.0 Å². The van der Waals surface area contributed by atoms with E-state index in [-0.39, 0.29) is 24.0 Å². The molecule has 0 amide bonds. The average molecular weight is 452 g/mol. The van der Waals surface area contributed by atoms with Crippen LogP contribution >= 0.6 is 47.2 Å². The predicted octanol–water partition coefficient (Wildman–Crippen LogP) is 4.55. The van der Waals surface area contributed by atoms with Crippen LogP contribution in [0.25, 0.3) is 0 Å². The van der Waals surface area contributed by atoms with Crippen LogP contribution in [0.3, 0.4) is 0 Å². The zero-order chi connectivity index (χ0) is 15.2. The lowest BCUT2D eigenvalue weighted by molar-refractivity contribution is 0.415. The Labute approximate surface area is 156 Å². The topological polar surface area (TPSA) is 59.6 Å². The Morgan fingerprint density at radius 3 is 2.45 bits per heavy atom. The molecule has 0 aliphatic heterocycles. The molecule has 0 fully saturated rings. The highest BCUT2D eigenvalue weighted by Crippen LogP contribution is 2.21. The molecule has 2 aromatic carbocycles. The monoisotopic (exact) mass is 451 g/mol. The van der Waals surface area contributed by atoms with Gasteiger partial charge in [0.2, 0.25) is 0 Å². The summed E-state index contributed by atoms with van der Waals surface area (Å²) in [4.78, 5) is 4.25. The third-order valence-corrected chi connectivity index (χ3v) is 3.38. The first-order chi connectivity index (χ1) is 10.1. The SMILES string of the molecule is COc1ccc(NC(N)=NCc2ccc(Cl)cc2Cl)cc1.I. The number of aliphatic imine (C=N–C) groups is 1. The lowest BCUT2D eigenvalue weighted by Gasteiger charge is -2.07. The van der Waals surface area contributed by atoms with E-state index in [1.165, 1.54) is 0 Å². The number of nitrogens with zero attached hydrogens (tertiary/aromatic N) is 1. The first-order valence-corrected chi connectivity index (χ1v) is 6.99. The second-order valence-corrected chi connectivity index (χ2v) is 5.13. The largest absolute Gasteiger partial charge is 0.497 e. The van der Waals surface area contributed by atoms with Crippen molar-refractivity contribution in [3.8, 4) is 5.75 Å². The van der Waals surface area contributed by atoms with Gasteiger partial charge >= 0.3 is 0 Å². The minimum atomic E-state index is 0. The normalized spacial score (nSPS) is 10.8. The van der Waals surface area contributed by atoms with Gasteiger partial charge in [-0.2, -0.15) is 0 Å². The van der Waals surface area contributed by atoms with Crippen LogP contribution in [0.15, 0.2) is 47.5 Å². The van der Waals surface area contributed by atoms with Gasteiger partial charge in [-0.1, -0.05) is 29.3 Å². The molecule has 0 spiro atoms. The van der Waals surface area contributed by atoms with Crippen molar-refractivity contribution in [2.24, 2.45) is 10.7 Å². The van der Waals surface area contributed by atoms with Crippen molar-refractivity contribution in [1.29, 1.82) is 0 Å². The molecule has 0 atom stereocenters. The lowest BCUT2D eigenvalue weighted by atomic mass is 10.2. The summed E-state index contributed by atoms with van der Waals surface area (Å²) in [6.45, 7) is 0.380. The zero-order valence-corrected chi connectivity index (χ0v) is 15.7. The van der Waals surface area contributed by atoms with E-state index in [0.29, 0.717) is 22.5 Å². The van der Waals surface area contributed by atoms with Crippen LogP contribution in [0, 0.1) is 0 Å². The van der Waals surface area contributed by atoms with Gasteiger partial charge in [-0.15, -0.1) is 24.0 Å². The summed E-state index contributed by atoms with van der Waals surface area (Å²) in [6.07, 6.45) is 0. The zero-order valence-electron chi connectivity index (χ0n) is 11.8. The van der Waals surface area contributed by atoms with Crippen LogP contribution in [0.4, 0.5) is 5.69 Å². The third kappa shape index (κ3) is 5.55.